The van der Waals surface area contributed by atoms with E-state index in [0.717, 1.165) is 11.3 Å². The van der Waals surface area contributed by atoms with E-state index >= 15 is 0 Å². The van der Waals surface area contributed by atoms with E-state index in [-0.39, 0.29) is 5.57 Å². The molecule has 1 N–H and O–H groups in total. The maximum Gasteiger partial charge on any atom is 0.331 e. The van der Waals surface area contributed by atoms with E-state index in [4.69, 9.17) is 0 Å². The Balaban J connectivity index is 2.37. The summed E-state index contributed by atoms with van der Waals surface area (Å²) in [7, 11) is 0. The number of hydrogen-bond donors (Lipinski definition) is 1. The smallest absolute Gasteiger partial charge is 0.273 e. The van der Waals surface area contributed by atoms with Crippen molar-refractivity contribution in [1.82, 2.24) is 10.2 Å². The number of unbranched alkanes of at least 4 members (excludes halogenated alkanes) is 1. The van der Waals surface area contributed by atoms with Gasteiger partial charge in [0.1, 0.15) is 5.57 Å². The molecule has 104 valence electrons. The van der Waals surface area contributed by atoms with Crippen molar-refractivity contribution in [3.05, 3.63) is 47.6 Å². The van der Waals surface area contributed by atoms with Gasteiger partial charge in [0.2, 0.25) is 0 Å². The quantitative estimate of drug-likeness (QED) is 0.629. The number of allylic oxidation sites excluding steroid dienone is 7. The van der Waals surface area contributed by atoms with Crippen LogP contribution in [0, 0.1) is 0 Å². The third-order valence-corrected chi connectivity index (χ3v) is 3.06. The lowest BCUT2D eigenvalue weighted by Crippen LogP contribution is -2.54. The highest BCUT2D eigenvalue weighted by molar-refractivity contribution is 6.29. The standard InChI is InChI=1S/C15H16N2O3/c1-2-3-10-17-14(19)12(13(18)16-15(17)20)11-8-6-4-5-7-9-11/h4-9H,2-3,10H2,1H3,(H,16,18,20). The third-order valence-electron chi connectivity index (χ3n) is 3.06. The van der Waals surface area contributed by atoms with Crippen LogP contribution in [-0.2, 0) is 9.59 Å². The number of nitrogens with one attached hydrogen (secondary N) is 1. The largest absolute Gasteiger partial charge is 0.331 e. The molecule has 20 heavy (non-hydrogen) atoms. The van der Waals surface area contributed by atoms with Crippen LogP contribution in [0.15, 0.2) is 47.6 Å². The van der Waals surface area contributed by atoms with Gasteiger partial charge in [0, 0.05) is 6.54 Å². The van der Waals surface area contributed by atoms with Crippen molar-refractivity contribution in [2.45, 2.75) is 19.8 Å². The van der Waals surface area contributed by atoms with Crippen molar-refractivity contribution in [1.29, 1.82) is 0 Å². The molecule has 0 atom stereocenters. The second kappa shape index (κ2) is 6.14. The van der Waals surface area contributed by atoms with Crippen LogP contribution >= 0.6 is 0 Å². The van der Waals surface area contributed by atoms with Crippen molar-refractivity contribution < 1.29 is 14.4 Å². The lowest BCUT2D eigenvalue weighted by Gasteiger charge is -2.26. The van der Waals surface area contributed by atoms with Crippen molar-refractivity contribution in [2.75, 3.05) is 6.54 Å². The van der Waals surface area contributed by atoms with E-state index in [2.05, 4.69) is 5.32 Å². The molecule has 0 saturated carbocycles. The minimum absolute atomic E-state index is 0.0110. The molecule has 5 heteroatoms. The molecule has 0 unspecified atom stereocenters. The molecule has 0 aromatic rings. The fourth-order valence-electron chi connectivity index (χ4n) is 1.99. The zero-order valence-corrected chi connectivity index (χ0v) is 11.3. The Morgan fingerprint density at radius 3 is 2.30 bits per heavy atom. The number of barbiturate groups is 1. The fraction of sp³-hybridized carbons (Fsp3) is 0.267. The summed E-state index contributed by atoms with van der Waals surface area (Å²) < 4.78 is 0. The molecule has 4 amide bonds. The molecule has 2 aliphatic rings. The highest BCUT2D eigenvalue weighted by Gasteiger charge is 2.36. The first-order valence-electron chi connectivity index (χ1n) is 6.58. The molecule has 0 radical (unpaired) electrons. The maximum atomic E-state index is 12.4. The molecular formula is C15H16N2O3. The van der Waals surface area contributed by atoms with E-state index in [0.29, 0.717) is 18.5 Å². The SMILES string of the molecule is CCCCN1C(=O)NC(=O)C(=C2C=CC=CC=C2)C1=O. The van der Waals surface area contributed by atoms with Gasteiger partial charge in [-0.1, -0.05) is 49.8 Å². The van der Waals surface area contributed by atoms with Crippen LogP contribution in [0.3, 0.4) is 0 Å². The van der Waals surface area contributed by atoms with Gasteiger partial charge in [-0.25, -0.2) is 4.79 Å². The molecule has 1 saturated heterocycles. The maximum absolute atomic E-state index is 12.4. The second-order valence-corrected chi connectivity index (χ2v) is 4.50. The summed E-state index contributed by atoms with van der Waals surface area (Å²) in [5, 5.41) is 2.22. The van der Waals surface area contributed by atoms with Crippen LogP contribution in [0.4, 0.5) is 4.79 Å². The Morgan fingerprint density at radius 2 is 1.70 bits per heavy atom. The van der Waals surface area contributed by atoms with Crippen molar-refractivity contribution in [2.24, 2.45) is 0 Å². The Morgan fingerprint density at radius 1 is 1.05 bits per heavy atom. The Bertz CT molecular complexity index is 550. The molecule has 1 aliphatic heterocycles. The highest BCUT2D eigenvalue weighted by atomic mass is 16.2. The molecule has 0 spiro atoms. The molecule has 1 heterocycles. The number of carbonyl (C=O) groups is 3. The lowest BCUT2D eigenvalue weighted by molar-refractivity contribution is -0.130. The highest BCUT2D eigenvalue weighted by Crippen LogP contribution is 2.18. The van der Waals surface area contributed by atoms with Crippen LogP contribution in [0.5, 0.6) is 0 Å². The van der Waals surface area contributed by atoms with Gasteiger partial charge >= 0.3 is 6.03 Å². The zero-order valence-electron chi connectivity index (χ0n) is 11.3. The van der Waals surface area contributed by atoms with Gasteiger partial charge in [0.25, 0.3) is 11.8 Å². The first-order valence-corrected chi connectivity index (χ1v) is 6.58. The van der Waals surface area contributed by atoms with E-state index < -0.39 is 17.8 Å². The number of rotatable bonds is 3. The van der Waals surface area contributed by atoms with Crippen LogP contribution in [0.25, 0.3) is 0 Å². The molecule has 0 bridgehead atoms. The first-order chi connectivity index (χ1) is 9.65. The van der Waals surface area contributed by atoms with Gasteiger partial charge in [0.05, 0.1) is 0 Å². The van der Waals surface area contributed by atoms with Crippen molar-refractivity contribution in [3.63, 3.8) is 0 Å². The first kappa shape index (κ1) is 14.0. The summed E-state index contributed by atoms with van der Waals surface area (Å²) in [6.45, 7) is 2.29. The minimum atomic E-state index is -0.641. The molecular weight excluding hydrogens is 256 g/mol. The molecule has 1 aliphatic carbocycles. The Labute approximate surface area is 117 Å². The van der Waals surface area contributed by atoms with E-state index in [9.17, 15) is 14.4 Å². The van der Waals surface area contributed by atoms with E-state index in [1.54, 1.807) is 36.5 Å². The molecule has 0 aromatic heterocycles. The topological polar surface area (TPSA) is 66.5 Å². The second-order valence-electron chi connectivity index (χ2n) is 4.50. The normalized spacial score (nSPS) is 18.6. The number of hydrogen-bond acceptors (Lipinski definition) is 3. The van der Waals surface area contributed by atoms with Gasteiger partial charge < -0.3 is 0 Å². The van der Waals surface area contributed by atoms with Crippen molar-refractivity contribution in [3.8, 4) is 0 Å². The van der Waals surface area contributed by atoms with Gasteiger partial charge in [0.15, 0.2) is 0 Å². The average molecular weight is 272 g/mol. The van der Waals surface area contributed by atoms with Gasteiger partial charge in [-0.3, -0.25) is 19.8 Å². The Hall–Kier alpha value is -2.43. The summed E-state index contributed by atoms with van der Waals surface area (Å²) in [6, 6.07) is -0.641. The summed E-state index contributed by atoms with van der Waals surface area (Å²) >= 11 is 0. The molecule has 2 rings (SSSR count). The summed E-state index contributed by atoms with van der Waals surface area (Å²) in [5.74, 6) is -1.17. The predicted octanol–water partition coefficient (Wildman–Crippen LogP) is 1.84. The summed E-state index contributed by atoms with van der Waals surface area (Å²) in [4.78, 5) is 37.1. The fourth-order valence-corrected chi connectivity index (χ4v) is 1.99. The number of carbonyl (C=O) groups excluding carboxylic acids is 3. The number of urea groups is 1. The van der Waals surface area contributed by atoms with E-state index in [1.165, 1.54) is 0 Å². The van der Waals surface area contributed by atoms with Crippen LogP contribution in [0.1, 0.15) is 19.8 Å². The molecule has 5 nitrogen and oxygen atoms in total. The number of amides is 4. The summed E-state index contributed by atoms with van der Waals surface area (Å²) in [5.41, 5.74) is 0.517. The molecule has 0 aromatic carbocycles. The predicted molar refractivity (Wildman–Crippen MR) is 74.6 cm³/mol. The third kappa shape index (κ3) is 2.77. The summed E-state index contributed by atoms with van der Waals surface area (Å²) in [6.07, 6.45) is 12.0. The average Bonchev–Trinajstić information content (AvgIpc) is 2.67. The zero-order chi connectivity index (χ0) is 14.5. The molecule has 1 fully saturated rings. The van der Waals surface area contributed by atoms with Crippen LogP contribution < -0.4 is 5.32 Å². The number of nitrogens with zero attached hydrogens (tertiary/aromatic N) is 1. The lowest BCUT2D eigenvalue weighted by atomic mass is 10.0. The Kier molecular flexibility index (Phi) is 4.30. The van der Waals surface area contributed by atoms with Gasteiger partial charge in [-0.05, 0) is 12.0 Å². The van der Waals surface area contributed by atoms with E-state index in [1.807, 2.05) is 6.92 Å². The van der Waals surface area contributed by atoms with Crippen LogP contribution in [0.2, 0.25) is 0 Å². The van der Waals surface area contributed by atoms with Gasteiger partial charge in [-0.2, -0.15) is 0 Å². The minimum Gasteiger partial charge on any atom is -0.273 e. The number of imide groups is 2. The van der Waals surface area contributed by atoms with Crippen LogP contribution in [-0.4, -0.2) is 29.3 Å². The monoisotopic (exact) mass is 272 g/mol. The van der Waals surface area contributed by atoms with Gasteiger partial charge in [-0.15, -0.1) is 0 Å². The van der Waals surface area contributed by atoms with Crippen molar-refractivity contribution >= 4 is 17.8 Å².